The zero-order chi connectivity index (χ0) is 16.9. The molecule has 2 aromatic heterocycles. The number of rotatable bonds is 6. The van der Waals surface area contributed by atoms with E-state index in [1.807, 2.05) is 26.0 Å². The van der Waals surface area contributed by atoms with Crippen LogP contribution in [0.3, 0.4) is 0 Å². The number of hydrogen-bond acceptors (Lipinski definition) is 7. The number of aromatic nitrogens is 3. The molecule has 0 aromatic carbocycles. The summed E-state index contributed by atoms with van der Waals surface area (Å²) in [6.45, 7) is 10.9. The average molecular weight is 331 g/mol. The molecular formula is C17H25N5O2. The molecule has 0 N–H and O–H groups in total. The van der Waals surface area contributed by atoms with Crippen molar-refractivity contribution in [2.75, 3.05) is 37.7 Å². The highest BCUT2D eigenvalue weighted by molar-refractivity contribution is 5.36. The summed E-state index contributed by atoms with van der Waals surface area (Å²) in [5.74, 6) is 2.57. The van der Waals surface area contributed by atoms with E-state index in [2.05, 4.69) is 31.9 Å². The predicted octanol–water partition coefficient (Wildman–Crippen LogP) is 1.81. The Labute approximate surface area is 142 Å². The van der Waals surface area contributed by atoms with Crippen LogP contribution in [0.2, 0.25) is 0 Å². The molecule has 1 aliphatic heterocycles. The largest absolute Gasteiger partial charge is 0.444 e. The molecule has 0 saturated carbocycles. The van der Waals surface area contributed by atoms with Gasteiger partial charge >= 0.3 is 0 Å². The highest BCUT2D eigenvalue weighted by Crippen LogP contribution is 2.16. The van der Waals surface area contributed by atoms with Crippen LogP contribution in [0, 0.1) is 13.8 Å². The lowest BCUT2D eigenvalue weighted by molar-refractivity contribution is -0.0292. The van der Waals surface area contributed by atoms with Crippen molar-refractivity contribution in [3.63, 3.8) is 0 Å². The molecule has 2 aromatic rings. The van der Waals surface area contributed by atoms with E-state index in [1.165, 1.54) is 0 Å². The second-order valence-electron chi connectivity index (χ2n) is 6.10. The maximum absolute atomic E-state index is 5.95. The highest BCUT2D eigenvalue weighted by atomic mass is 16.5. The third-order valence-corrected chi connectivity index (χ3v) is 4.34. The van der Waals surface area contributed by atoms with Crippen LogP contribution in [0.25, 0.3) is 0 Å². The van der Waals surface area contributed by atoms with Gasteiger partial charge in [-0.2, -0.15) is 5.10 Å². The Morgan fingerprint density at radius 2 is 2.25 bits per heavy atom. The van der Waals surface area contributed by atoms with E-state index in [-0.39, 0.29) is 6.10 Å². The van der Waals surface area contributed by atoms with Crippen molar-refractivity contribution < 1.29 is 9.15 Å². The van der Waals surface area contributed by atoms with E-state index in [9.17, 15) is 0 Å². The molecule has 24 heavy (non-hydrogen) atoms. The second kappa shape index (κ2) is 7.72. The van der Waals surface area contributed by atoms with Crippen LogP contribution in [0.15, 0.2) is 22.7 Å². The van der Waals surface area contributed by atoms with Crippen LogP contribution in [0.5, 0.6) is 0 Å². The molecule has 7 nitrogen and oxygen atoms in total. The first-order valence-electron chi connectivity index (χ1n) is 8.45. The van der Waals surface area contributed by atoms with E-state index >= 15 is 0 Å². The van der Waals surface area contributed by atoms with Crippen molar-refractivity contribution in [2.45, 2.75) is 33.4 Å². The molecule has 0 spiro atoms. The predicted molar refractivity (Wildman–Crippen MR) is 90.9 cm³/mol. The van der Waals surface area contributed by atoms with Crippen LogP contribution in [0.1, 0.15) is 24.3 Å². The Balaban J connectivity index is 1.58. The van der Waals surface area contributed by atoms with Gasteiger partial charge in [0.1, 0.15) is 5.76 Å². The van der Waals surface area contributed by atoms with Crippen molar-refractivity contribution in [2.24, 2.45) is 0 Å². The Bertz CT molecular complexity index is 626. The standard InChI is InChI=1S/C17H25N5O2/c1-4-22(16-6-5-7-18-20-16)11-15-10-21(8-9-23-15)12-17-19-13(2)14(3)24-17/h5-7,15H,4,8-12H2,1-3H3/t15-/m1/s1. The fraction of sp³-hybridized carbons (Fsp3) is 0.588. The summed E-state index contributed by atoms with van der Waals surface area (Å²) in [7, 11) is 0. The summed E-state index contributed by atoms with van der Waals surface area (Å²) in [6, 6.07) is 3.89. The molecule has 3 heterocycles. The summed E-state index contributed by atoms with van der Waals surface area (Å²) >= 11 is 0. The Morgan fingerprint density at radius 3 is 2.92 bits per heavy atom. The van der Waals surface area contributed by atoms with Gasteiger partial charge in [-0.1, -0.05) is 0 Å². The SMILES string of the molecule is CCN(C[C@H]1CN(Cc2nc(C)c(C)o2)CCO1)c1cccnn1. The van der Waals surface area contributed by atoms with Gasteiger partial charge in [-0.25, -0.2) is 4.98 Å². The third-order valence-electron chi connectivity index (χ3n) is 4.34. The third kappa shape index (κ3) is 4.10. The van der Waals surface area contributed by atoms with E-state index in [0.717, 1.165) is 62.5 Å². The van der Waals surface area contributed by atoms with Crippen molar-refractivity contribution in [3.8, 4) is 0 Å². The lowest BCUT2D eigenvalue weighted by Crippen LogP contribution is -2.47. The normalized spacial score (nSPS) is 18.7. The maximum Gasteiger partial charge on any atom is 0.208 e. The first kappa shape index (κ1) is 16.9. The van der Waals surface area contributed by atoms with Crippen LogP contribution >= 0.6 is 0 Å². The molecule has 3 rings (SSSR count). The van der Waals surface area contributed by atoms with Gasteiger partial charge < -0.3 is 14.1 Å². The minimum atomic E-state index is 0.137. The quantitative estimate of drug-likeness (QED) is 0.799. The van der Waals surface area contributed by atoms with E-state index in [1.54, 1.807) is 6.20 Å². The minimum absolute atomic E-state index is 0.137. The van der Waals surface area contributed by atoms with Crippen LogP contribution in [-0.2, 0) is 11.3 Å². The van der Waals surface area contributed by atoms with E-state index in [4.69, 9.17) is 9.15 Å². The number of anilines is 1. The lowest BCUT2D eigenvalue weighted by Gasteiger charge is -2.35. The zero-order valence-electron chi connectivity index (χ0n) is 14.6. The fourth-order valence-corrected chi connectivity index (χ4v) is 2.93. The molecular weight excluding hydrogens is 306 g/mol. The van der Waals surface area contributed by atoms with Gasteiger partial charge in [-0.3, -0.25) is 4.90 Å². The Kier molecular flexibility index (Phi) is 5.42. The Morgan fingerprint density at radius 1 is 1.38 bits per heavy atom. The number of ether oxygens (including phenoxy) is 1. The monoisotopic (exact) mass is 331 g/mol. The summed E-state index contributed by atoms with van der Waals surface area (Å²) in [5.41, 5.74) is 0.967. The average Bonchev–Trinajstić information content (AvgIpc) is 2.91. The van der Waals surface area contributed by atoms with Gasteiger partial charge in [0.05, 0.1) is 24.9 Å². The van der Waals surface area contributed by atoms with Crippen molar-refractivity contribution in [1.82, 2.24) is 20.1 Å². The van der Waals surface area contributed by atoms with Gasteiger partial charge in [0.25, 0.3) is 0 Å². The summed E-state index contributed by atoms with van der Waals surface area (Å²) < 4.78 is 11.6. The molecule has 0 radical (unpaired) electrons. The summed E-state index contributed by atoms with van der Waals surface area (Å²) in [5, 5.41) is 8.16. The number of morpholine rings is 1. The van der Waals surface area contributed by atoms with Gasteiger partial charge in [0.15, 0.2) is 5.82 Å². The molecule has 1 atom stereocenters. The summed E-state index contributed by atoms with van der Waals surface area (Å²) in [4.78, 5) is 9.01. The van der Waals surface area contributed by atoms with Gasteiger partial charge in [-0.15, -0.1) is 5.10 Å². The minimum Gasteiger partial charge on any atom is -0.444 e. The summed E-state index contributed by atoms with van der Waals surface area (Å²) in [6.07, 6.45) is 1.83. The molecule has 1 fully saturated rings. The molecule has 1 saturated heterocycles. The molecule has 1 aliphatic rings. The fourth-order valence-electron chi connectivity index (χ4n) is 2.93. The number of likely N-dealkylation sites (N-methyl/N-ethyl adjacent to an activating group) is 1. The molecule has 0 amide bonds. The molecule has 130 valence electrons. The molecule has 0 unspecified atom stereocenters. The van der Waals surface area contributed by atoms with Crippen LogP contribution in [0.4, 0.5) is 5.82 Å². The molecule has 0 aliphatic carbocycles. The van der Waals surface area contributed by atoms with Gasteiger partial charge in [0, 0.05) is 32.4 Å². The molecule has 0 bridgehead atoms. The van der Waals surface area contributed by atoms with Crippen LogP contribution < -0.4 is 4.90 Å². The second-order valence-corrected chi connectivity index (χ2v) is 6.10. The van der Waals surface area contributed by atoms with Crippen molar-refractivity contribution >= 4 is 5.82 Å². The number of hydrogen-bond donors (Lipinski definition) is 0. The highest BCUT2D eigenvalue weighted by Gasteiger charge is 2.24. The van der Waals surface area contributed by atoms with Gasteiger partial charge in [-0.05, 0) is 32.9 Å². The number of nitrogens with zero attached hydrogens (tertiary/aromatic N) is 5. The first-order valence-corrected chi connectivity index (χ1v) is 8.45. The number of aryl methyl sites for hydroxylation is 2. The zero-order valence-corrected chi connectivity index (χ0v) is 14.6. The molecule has 7 heteroatoms. The van der Waals surface area contributed by atoms with Crippen molar-refractivity contribution in [3.05, 3.63) is 35.7 Å². The van der Waals surface area contributed by atoms with Crippen molar-refractivity contribution in [1.29, 1.82) is 0 Å². The first-order chi connectivity index (χ1) is 11.7. The number of oxazole rings is 1. The van der Waals surface area contributed by atoms with Gasteiger partial charge in [0.2, 0.25) is 5.89 Å². The lowest BCUT2D eigenvalue weighted by atomic mass is 10.2. The topological polar surface area (TPSA) is 67.5 Å². The van der Waals surface area contributed by atoms with E-state index in [0.29, 0.717) is 0 Å². The maximum atomic E-state index is 5.95. The van der Waals surface area contributed by atoms with Crippen LogP contribution in [-0.4, -0.2) is 59.0 Å². The smallest absolute Gasteiger partial charge is 0.208 e. The van der Waals surface area contributed by atoms with E-state index < -0.39 is 0 Å². The Hall–Kier alpha value is -1.99.